The molecule has 1 saturated heterocycles. The number of rotatable bonds is 8. The highest BCUT2D eigenvalue weighted by Crippen LogP contribution is 2.23. The third-order valence-electron chi connectivity index (χ3n) is 5.39. The lowest BCUT2D eigenvalue weighted by Gasteiger charge is -2.40. The minimum Gasteiger partial charge on any atom is -0.370 e. The summed E-state index contributed by atoms with van der Waals surface area (Å²) in [5.74, 6) is 0.581. The molecule has 1 aliphatic heterocycles. The maximum absolute atomic E-state index is 13.4. The Bertz CT molecular complexity index is 1150. The fourth-order valence-electron chi connectivity index (χ4n) is 3.73. The summed E-state index contributed by atoms with van der Waals surface area (Å²) >= 11 is 6.02. The number of hydrogen-bond donors (Lipinski definition) is 2. The lowest BCUT2D eigenvalue weighted by Crippen LogP contribution is -2.61. The van der Waals surface area contributed by atoms with Gasteiger partial charge < -0.3 is 10.2 Å². The van der Waals surface area contributed by atoms with E-state index in [9.17, 15) is 18.5 Å². The Morgan fingerprint density at radius 1 is 1.33 bits per heavy atom. The van der Waals surface area contributed by atoms with Crippen LogP contribution in [-0.2, 0) is 21.2 Å². The van der Waals surface area contributed by atoms with Gasteiger partial charge in [0.05, 0.1) is 23.2 Å². The highest BCUT2D eigenvalue weighted by molar-refractivity contribution is 7.89. The fraction of sp³-hybridized carbons (Fsp3) is 0.409. The molecule has 0 saturated carbocycles. The zero-order chi connectivity index (χ0) is 24.0. The molecule has 3 rings (SSSR count). The fourth-order valence-corrected chi connectivity index (χ4v) is 5.58. The molecule has 11 heteroatoms. The molecule has 1 amide bonds. The topological polar surface area (TPSA) is 118 Å². The molecule has 2 heterocycles. The summed E-state index contributed by atoms with van der Waals surface area (Å²) in [6.07, 6.45) is 1.42. The summed E-state index contributed by atoms with van der Waals surface area (Å²) in [5, 5.41) is 16.0. The molecule has 1 fully saturated rings. The highest BCUT2D eigenvalue weighted by atomic mass is 35.5. The van der Waals surface area contributed by atoms with Crippen molar-refractivity contribution < 1.29 is 13.2 Å². The van der Waals surface area contributed by atoms with Gasteiger partial charge in [-0.25, -0.2) is 13.4 Å². The number of hydrogen-bond acceptors (Lipinski definition) is 7. The second-order valence-electron chi connectivity index (χ2n) is 7.63. The van der Waals surface area contributed by atoms with Gasteiger partial charge in [0.1, 0.15) is 11.9 Å². The van der Waals surface area contributed by atoms with Gasteiger partial charge >= 0.3 is 0 Å². The number of nitriles is 1. The van der Waals surface area contributed by atoms with E-state index in [1.54, 1.807) is 23.1 Å². The van der Waals surface area contributed by atoms with E-state index < -0.39 is 16.2 Å². The van der Waals surface area contributed by atoms with Crippen LogP contribution in [0.25, 0.3) is 0 Å². The van der Waals surface area contributed by atoms with Gasteiger partial charge in [-0.15, -0.1) is 0 Å². The van der Waals surface area contributed by atoms with E-state index in [2.05, 4.69) is 21.7 Å². The number of carbonyl (C=O) groups is 1. The number of anilines is 1. The van der Waals surface area contributed by atoms with Crippen LogP contribution in [0.3, 0.4) is 0 Å². The Morgan fingerprint density at radius 3 is 2.79 bits per heavy atom. The summed E-state index contributed by atoms with van der Waals surface area (Å²) < 4.78 is 28.1. The minimum atomic E-state index is -3.82. The predicted octanol–water partition coefficient (Wildman–Crippen LogP) is 2.05. The van der Waals surface area contributed by atoms with Crippen LogP contribution < -0.4 is 10.6 Å². The molecule has 2 N–H and O–H groups in total. The Hall–Kier alpha value is -2.71. The van der Waals surface area contributed by atoms with Crippen LogP contribution in [0, 0.1) is 11.3 Å². The van der Waals surface area contributed by atoms with E-state index in [4.69, 9.17) is 11.6 Å². The Kier molecular flexibility index (Phi) is 8.26. The zero-order valence-corrected chi connectivity index (χ0v) is 20.2. The van der Waals surface area contributed by atoms with Gasteiger partial charge in [0.2, 0.25) is 15.9 Å². The lowest BCUT2D eigenvalue weighted by molar-refractivity contribution is -0.131. The molecule has 9 nitrogen and oxygen atoms in total. The van der Waals surface area contributed by atoms with E-state index in [0.717, 1.165) is 5.56 Å². The van der Waals surface area contributed by atoms with Gasteiger partial charge in [-0.1, -0.05) is 17.7 Å². The second kappa shape index (κ2) is 10.9. The summed E-state index contributed by atoms with van der Waals surface area (Å²) in [6.45, 7) is 5.24. The zero-order valence-electron chi connectivity index (χ0n) is 18.6. The number of carbonyl (C=O) groups excluding carboxylic acids is 1. The van der Waals surface area contributed by atoms with Crippen LogP contribution >= 0.6 is 11.6 Å². The largest absolute Gasteiger partial charge is 0.370 e. The Balaban J connectivity index is 1.80. The first kappa shape index (κ1) is 24.9. The number of benzene rings is 1. The van der Waals surface area contributed by atoms with Crippen LogP contribution in [0.15, 0.2) is 41.4 Å². The summed E-state index contributed by atoms with van der Waals surface area (Å²) in [7, 11) is -3.82. The summed E-state index contributed by atoms with van der Waals surface area (Å²) in [6, 6.07) is 10.0. The molecule has 2 aromatic rings. The molecule has 176 valence electrons. The van der Waals surface area contributed by atoms with Crippen LogP contribution in [0.1, 0.15) is 25.0 Å². The van der Waals surface area contributed by atoms with E-state index in [1.807, 2.05) is 6.92 Å². The SMILES string of the molecule is CCNc1ncc(C#N)cc1CCN[C@H]1CN(C(C)=O)CCN1S(=O)(=O)c1cccc(Cl)c1. The third kappa shape index (κ3) is 6.00. The van der Waals surface area contributed by atoms with Gasteiger partial charge in [0.15, 0.2) is 0 Å². The van der Waals surface area contributed by atoms with Crippen molar-refractivity contribution >= 4 is 33.3 Å². The molecule has 0 radical (unpaired) electrons. The Morgan fingerprint density at radius 2 is 2.12 bits per heavy atom. The quantitative estimate of drug-likeness (QED) is 0.581. The van der Waals surface area contributed by atoms with Crippen LogP contribution in [0.4, 0.5) is 5.82 Å². The Labute approximate surface area is 199 Å². The van der Waals surface area contributed by atoms with E-state index in [-0.39, 0.29) is 23.9 Å². The van der Waals surface area contributed by atoms with Crippen molar-refractivity contribution in [3.8, 4) is 6.07 Å². The second-order valence-corrected chi connectivity index (χ2v) is 9.96. The predicted molar refractivity (Wildman–Crippen MR) is 126 cm³/mol. The molecular formula is C22H27ClN6O3S. The van der Waals surface area contributed by atoms with Gasteiger partial charge in [-0.05, 0) is 43.2 Å². The van der Waals surface area contributed by atoms with E-state index >= 15 is 0 Å². The normalized spacial score (nSPS) is 16.9. The van der Waals surface area contributed by atoms with Gasteiger partial charge in [-0.2, -0.15) is 9.57 Å². The number of nitrogens with one attached hydrogen (secondary N) is 2. The number of aromatic nitrogens is 1. The first-order chi connectivity index (χ1) is 15.8. The number of sulfonamides is 1. The maximum Gasteiger partial charge on any atom is 0.244 e. The molecule has 0 unspecified atom stereocenters. The van der Waals surface area contributed by atoms with Crippen molar-refractivity contribution in [3.05, 3.63) is 52.7 Å². The molecular weight excluding hydrogens is 464 g/mol. The summed E-state index contributed by atoms with van der Waals surface area (Å²) in [5.41, 5.74) is 1.31. The van der Waals surface area contributed by atoms with E-state index in [0.29, 0.717) is 42.5 Å². The molecule has 1 aromatic carbocycles. The number of amides is 1. The lowest BCUT2D eigenvalue weighted by atomic mass is 10.1. The van der Waals surface area contributed by atoms with Gasteiger partial charge in [-0.3, -0.25) is 10.1 Å². The number of halogens is 1. The molecule has 0 aliphatic carbocycles. The average molecular weight is 491 g/mol. The molecule has 1 atom stereocenters. The maximum atomic E-state index is 13.4. The molecule has 1 aliphatic rings. The van der Waals surface area contributed by atoms with Crippen molar-refractivity contribution in [1.29, 1.82) is 5.26 Å². The van der Waals surface area contributed by atoms with E-state index in [1.165, 1.54) is 29.6 Å². The number of piperazine rings is 1. The van der Waals surface area contributed by atoms with Gasteiger partial charge in [0, 0.05) is 44.3 Å². The first-order valence-corrected chi connectivity index (χ1v) is 12.5. The molecule has 0 spiro atoms. The van der Waals surface area contributed by atoms with Crippen LogP contribution in [0.2, 0.25) is 5.02 Å². The van der Waals surface area contributed by atoms with Crippen molar-refractivity contribution in [2.75, 3.05) is 38.0 Å². The molecule has 33 heavy (non-hydrogen) atoms. The third-order valence-corrected chi connectivity index (χ3v) is 7.53. The number of nitrogens with zero attached hydrogens (tertiary/aromatic N) is 4. The monoisotopic (exact) mass is 490 g/mol. The molecule has 1 aromatic heterocycles. The van der Waals surface area contributed by atoms with Crippen LogP contribution in [0.5, 0.6) is 0 Å². The van der Waals surface area contributed by atoms with Gasteiger partial charge in [0.25, 0.3) is 0 Å². The highest BCUT2D eigenvalue weighted by Gasteiger charge is 2.36. The van der Waals surface area contributed by atoms with Crippen molar-refractivity contribution in [3.63, 3.8) is 0 Å². The average Bonchev–Trinajstić information content (AvgIpc) is 2.80. The van der Waals surface area contributed by atoms with Crippen molar-refractivity contribution in [1.82, 2.24) is 19.5 Å². The summed E-state index contributed by atoms with van der Waals surface area (Å²) in [4.78, 5) is 18.0. The van der Waals surface area contributed by atoms with Crippen LogP contribution in [-0.4, -0.2) is 67.4 Å². The van der Waals surface area contributed by atoms with Crippen molar-refractivity contribution in [2.45, 2.75) is 31.3 Å². The first-order valence-electron chi connectivity index (χ1n) is 10.7. The standard InChI is InChI=1S/C22H27ClN6O3S/c1-3-25-22-18(11-17(13-24)14-27-22)7-8-26-21-15-28(16(2)30)9-10-29(21)33(31,32)20-6-4-5-19(23)12-20/h4-6,11-12,14,21,26H,3,7-10,15H2,1-2H3,(H,25,27)/t21-/m1/s1. The minimum absolute atomic E-state index is 0.109. The van der Waals surface area contributed by atoms with Crippen molar-refractivity contribution in [2.24, 2.45) is 0 Å². The smallest absolute Gasteiger partial charge is 0.244 e. The number of pyridine rings is 1. The molecule has 0 bridgehead atoms.